The van der Waals surface area contributed by atoms with Crippen LogP contribution in [0, 0.1) is 0 Å². The maximum absolute atomic E-state index is 12.8. The molecule has 0 atom stereocenters. The minimum atomic E-state index is 0.0485. The molecule has 2 aliphatic rings. The van der Waals surface area contributed by atoms with E-state index < -0.39 is 0 Å². The summed E-state index contributed by atoms with van der Waals surface area (Å²) in [5.41, 5.74) is 3.98. The largest absolute Gasteiger partial charge is 0.335 e. The van der Waals surface area contributed by atoms with Gasteiger partial charge >= 0.3 is 0 Å². The molecular formula is C18H22ClN5O. The van der Waals surface area contributed by atoms with Crippen molar-refractivity contribution in [3.8, 4) is 0 Å². The molecule has 0 spiro atoms. The molecule has 1 aromatic carbocycles. The Balaban J connectivity index is 1.36. The molecule has 0 bridgehead atoms. The number of aromatic amines is 1. The van der Waals surface area contributed by atoms with Crippen LogP contribution in [0.4, 0.5) is 0 Å². The highest BCUT2D eigenvalue weighted by molar-refractivity contribution is 6.30. The number of piperazine rings is 1. The van der Waals surface area contributed by atoms with Crippen molar-refractivity contribution in [1.82, 2.24) is 25.3 Å². The maximum atomic E-state index is 12.8. The molecule has 0 radical (unpaired) electrons. The van der Waals surface area contributed by atoms with Gasteiger partial charge in [0.25, 0.3) is 5.91 Å². The Kier molecular flexibility index (Phi) is 4.74. The van der Waals surface area contributed by atoms with Crippen molar-refractivity contribution in [3.05, 3.63) is 51.8 Å². The van der Waals surface area contributed by atoms with E-state index in [4.69, 9.17) is 11.6 Å². The molecule has 7 heteroatoms. The molecule has 0 saturated carbocycles. The van der Waals surface area contributed by atoms with Gasteiger partial charge in [-0.1, -0.05) is 23.7 Å². The van der Waals surface area contributed by atoms with Crippen LogP contribution in [0.25, 0.3) is 0 Å². The molecule has 1 aromatic heterocycles. The first kappa shape index (κ1) is 16.6. The number of aromatic nitrogens is 2. The molecule has 25 heavy (non-hydrogen) atoms. The molecule has 132 valence electrons. The minimum absolute atomic E-state index is 0.0485. The van der Waals surface area contributed by atoms with Crippen LogP contribution in [-0.4, -0.2) is 58.6 Å². The first-order valence-electron chi connectivity index (χ1n) is 8.73. The van der Waals surface area contributed by atoms with Crippen LogP contribution >= 0.6 is 11.6 Å². The van der Waals surface area contributed by atoms with Gasteiger partial charge in [0.1, 0.15) is 0 Å². The van der Waals surface area contributed by atoms with Crippen molar-refractivity contribution in [2.45, 2.75) is 19.5 Å². The summed E-state index contributed by atoms with van der Waals surface area (Å²) in [5, 5.41) is 11.4. The number of benzene rings is 1. The Bertz CT molecular complexity index is 749. The number of hydrogen-bond donors (Lipinski definition) is 2. The highest BCUT2D eigenvalue weighted by Crippen LogP contribution is 2.18. The summed E-state index contributed by atoms with van der Waals surface area (Å²) in [7, 11) is 0. The lowest BCUT2D eigenvalue weighted by molar-refractivity contribution is 0.0621. The highest BCUT2D eigenvalue weighted by Gasteiger charge is 2.27. The molecule has 3 heterocycles. The van der Waals surface area contributed by atoms with Gasteiger partial charge in [-0.25, -0.2) is 0 Å². The van der Waals surface area contributed by atoms with Crippen LogP contribution in [0.2, 0.25) is 5.02 Å². The van der Waals surface area contributed by atoms with E-state index in [-0.39, 0.29) is 5.91 Å². The summed E-state index contributed by atoms with van der Waals surface area (Å²) in [6.07, 6.45) is 0.907. The van der Waals surface area contributed by atoms with Crippen LogP contribution in [0.5, 0.6) is 0 Å². The number of halogens is 1. The van der Waals surface area contributed by atoms with Gasteiger partial charge in [0, 0.05) is 68.5 Å². The van der Waals surface area contributed by atoms with Crippen molar-refractivity contribution in [3.63, 3.8) is 0 Å². The maximum Gasteiger partial charge on any atom is 0.274 e. The Morgan fingerprint density at radius 2 is 1.92 bits per heavy atom. The Morgan fingerprint density at radius 3 is 2.68 bits per heavy atom. The fourth-order valence-electron chi connectivity index (χ4n) is 3.51. The lowest BCUT2D eigenvalue weighted by Crippen LogP contribution is -2.48. The molecule has 0 unspecified atom stereocenters. The van der Waals surface area contributed by atoms with Gasteiger partial charge in [0.15, 0.2) is 5.69 Å². The lowest BCUT2D eigenvalue weighted by Gasteiger charge is -2.34. The SMILES string of the molecule is O=C(c1n[nH]c2c1CNCC2)N1CCN(Cc2ccc(Cl)cc2)CC1. The normalized spacial score (nSPS) is 18.2. The lowest BCUT2D eigenvalue weighted by atomic mass is 10.1. The van der Waals surface area contributed by atoms with E-state index in [1.165, 1.54) is 5.56 Å². The van der Waals surface area contributed by atoms with Gasteiger partial charge in [-0.05, 0) is 17.7 Å². The molecule has 2 aliphatic heterocycles. The number of H-pyrrole nitrogens is 1. The van der Waals surface area contributed by atoms with Gasteiger partial charge < -0.3 is 10.2 Å². The number of carbonyl (C=O) groups excluding carboxylic acids is 1. The van der Waals surface area contributed by atoms with Gasteiger partial charge in [-0.15, -0.1) is 0 Å². The zero-order valence-corrected chi connectivity index (χ0v) is 14.9. The first-order chi connectivity index (χ1) is 12.2. The van der Waals surface area contributed by atoms with Gasteiger partial charge in [-0.3, -0.25) is 14.8 Å². The fourth-order valence-corrected chi connectivity index (χ4v) is 3.63. The Hall–Kier alpha value is -1.89. The van der Waals surface area contributed by atoms with E-state index in [2.05, 4.69) is 32.5 Å². The van der Waals surface area contributed by atoms with Crippen LogP contribution in [-0.2, 0) is 19.5 Å². The smallest absolute Gasteiger partial charge is 0.274 e. The molecule has 6 nitrogen and oxygen atoms in total. The quantitative estimate of drug-likeness (QED) is 0.875. The van der Waals surface area contributed by atoms with Crippen LogP contribution in [0.1, 0.15) is 27.3 Å². The monoisotopic (exact) mass is 359 g/mol. The van der Waals surface area contributed by atoms with Crippen molar-refractivity contribution in [2.24, 2.45) is 0 Å². The Morgan fingerprint density at radius 1 is 1.16 bits per heavy atom. The number of nitrogens with one attached hydrogen (secondary N) is 2. The van der Waals surface area contributed by atoms with Crippen molar-refractivity contribution < 1.29 is 4.79 Å². The average molecular weight is 360 g/mol. The second kappa shape index (κ2) is 7.15. The molecule has 2 aromatic rings. The van der Waals surface area contributed by atoms with Gasteiger partial charge in [-0.2, -0.15) is 5.10 Å². The number of nitrogens with zero attached hydrogens (tertiary/aromatic N) is 3. The summed E-state index contributed by atoms with van der Waals surface area (Å²) in [4.78, 5) is 17.1. The van der Waals surface area contributed by atoms with Crippen LogP contribution in [0.3, 0.4) is 0 Å². The molecule has 4 rings (SSSR count). The standard InChI is InChI=1S/C18H22ClN5O/c19-14-3-1-13(2-4-14)12-23-7-9-24(10-8-23)18(25)17-15-11-20-6-5-16(15)21-22-17/h1-4,20H,5-12H2,(H,21,22). The zero-order chi connectivity index (χ0) is 17.2. The van der Waals surface area contributed by atoms with E-state index in [0.717, 1.165) is 68.5 Å². The summed E-state index contributed by atoms with van der Waals surface area (Å²) in [5.74, 6) is 0.0485. The second-order valence-electron chi connectivity index (χ2n) is 6.65. The van der Waals surface area contributed by atoms with Crippen molar-refractivity contribution in [2.75, 3.05) is 32.7 Å². The third-order valence-corrected chi connectivity index (χ3v) is 5.24. The van der Waals surface area contributed by atoms with Crippen LogP contribution in [0.15, 0.2) is 24.3 Å². The van der Waals surface area contributed by atoms with Crippen molar-refractivity contribution >= 4 is 17.5 Å². The van der Waals surface area contributed by atoms with E-state index in [1.807, 2.05) is 17.0 Å². The number of rotatable bonds is 3. The van der Waals surface area contributed by atoms with Gasteiger partial charge in [0.05, 0.1) is 0 Å². The van der Waals surface area contributed by atoms with E-state index in [1.54, 1.807) is 0 Å². The van der Waals surface area contributed by atoms with E-state index in [0.29, 0.717) is 5.69 Å². The van der Waals surface area contributed by atoms with Crippen LogP contribution < -0.4 is 5.32 Å². The minimum Gasteiger partial charge on any atom is -0.335 e. The summed E-state index contributed by atoms with van der Waals surface area (Å²) >= 11 is 5.94. The fraction of sp³-hybridized carbons (Fsp3) is 0.444. The summed E-state index contributed by atoms with van der Waals surface area (Å²) < 4.78 is 0. The summed E-state index contributed by atoms with van der Waals surface area (Å²) in [6.45, 7) is 5.78. The number of carbonyl (C=O) groups is 1. The predicted molar refractivity (Wildman–Crippen MR) is 96.6 cm³/mol. The molecule has 0 aliphatic carbocycles. The molecule has 1 fully saturated rings. The number of amides is 1. The molecule has 2 N–H and O–H groups in total. The topological polar surface area (TPSA) is 64.3 Å². The van der Waals surface area contributed by atoms with E-state index in [9.17, 15) is 4.79 Å². The number of fused-ring (bicyclic) bond motifs is 1. The first-order valence-corrected chi connectivity index (χ1v) is 9.11. The van der Waals surface area contributed by atoms with E-state index >= 15 is 0 Å². The number of hydrogen-bond acceptors (Lipinski definition) is 4. The third-order valence-electron chi connectivity index (χ3n) is 4.99. The molecular weight excluding hydrogens is 338 g/mol. The molecule has 1 saturated heterocycles. The van der Waals surface area contributed by atoms with Gasteiger partial charge in [0.2, 0.25) is 0 Å². The highest BCUT2D eigenvalue weighted by atomic mass is 35.5. The predicted octanol–water partition coefficient (Wildman–Crippen LogP) is 1.67. The Labute approximate surface area is 152 Å². The molecule has 1 amide bonds. The zero-order valence-electron chi connectivity index (χ0n) is 14.1. The summed E-state index contributed by atoms with van der Waals surface area (Å²) in [6, 6.07) is 7.96. The van der Waals surface area contributed by atoms with Crippen molar-refractivity contribution in [1.29, 1.82) is 0 Å². The average Bonchev–Trinajstić information content (AvgIpc) is 3.08. The third kappa shape index (κ3) is 3.56. The second-order valence-corrected chi connectivity index (χ2v) is 7.09.